The van der Waals surface area contributed by atoms with Gasteiger partial charge in [0.15, 0.2) is 0 Å². The van der Waals surface area contributed by atoms with Crippen LogP contribution < -0.4 is 0 Å². The van der Waals surface area contributed by atoms with Crippen LogP contribution >= 0.6 is 0 Å². The summed E-state index contributed by atoms with van der Waals surface area (Å²) in [5.41, 5.74) is 0. The highest BCUT2D eigenvalue weighted by Gasteiger charge is 2.29. The minimum atomic E-state index is -1.02. The fourth-order valence-electron chi connectivity index (χ4n) is 1.13. The molecule has 1 N–H and O–H groups in total. The van der Waals surface area contributed by atoms with E-state index in [-0.39, 0.29) is 0 Å². The molecule has 0 saturated carbocycles. The van der Waals surface area contributed by atoms with Gasteiger partial charge in [0.05, 0.1) is 12.0 Å². The summed E-state index contributed by atoms with van der Waals surface area (Å²) in [6, 6.07) is 0. The Balaban J connectivity index is 2.75. The van der Waals surface area contributed by atoms with Gasteiger partial charge in [-0.1, -0.05) is 6.08 Å². The molecule has 1 heterocycles. The standard InChI is InChI=1S/C11H14O5/c1-7(10(13)14)4-5-8-6-9(12)16-11(2,3)15-8/h4-7H,1-3H3,(H,13,14)/b5-4+/t7-/m0/s1. The van der Waals surface area contributed by atoms with E-state index in [0.29, 0.717) is 5.76 Å². The second kappa shape index (κ2) is 4.38. The maximum Gasteiger partial charge on any atom is 0.337 e. The van der Waals surface area contributed by atoms with Crippen molar-refractivity contribution in [3.8, 4) is 0 Å². The highest BCUT2D eigenvalue weighted by molar-refractivity contribution is 5.84. The summed E-state index contributed by atoms with van der Waals surface area (Å²) in [6.07, 6.45) is 4.08. The highest BCUT2D eigenvalue weighted by atomic mass is 16.7. The van der Waals surface area contributed by atoms with Crippen molar-refractivity contribution >= 4 is 11.9 Å². The number of aliphatic carboxylic acids is 1. The number of allylic oxidation sites excluding steroid dienone is 1. The Morgan fingerprint density at radius 1 is 1.50 bits per heavy atom. The second-order valence-corrected chi connectivity index (χ2v) is 3.96. The van der Waals surface area contributed by atoms with Gasteiger partial charge >= 0.3 is 11.9 Å². The summed E-state index contributed by atoms with van der Waals surface area (Å²) in [5.74, 6) is -2.79. The van der Waals surface area contributed by atoms with Gasteiger partial charge in [-0.25, -0.2) is 4.79 Å². The van der Waals surface area contributed by atoms with Crippen LogP contribution in [0.15, 0.2) is 24.0 Å². The first-order chi connectivity index (χ1) is 7.30. The van der Waals surface area contributed by atoms with Crippen molar-refractivity contribution in [3.05, 3.63) is 24.0 Å². The zero-order chi connectivity index (χ0) is 12.3. The van der Waals surface area contributed by atoms with Gasteiger partial charge in [0, 0.05) is 13.8 Å². The van der Waals surface area contributed by atoms with Crippen molar-refractivity contribution in [2.45, 2.75) is 26.6 Å². The van der Waals surface area contributed by atoms with Crippen molar-refractivity contribution in [1.29, 1.82) is 0 Å². The van der Waals surface area contributed by atoms with E-state index >= 15 is 0 Å². The van der Waals surface area contributed by atoms with Gasteiger partial charge < -0.3 is 14.6 Å². The monoisotopic (exact) mass is 226 g/mol. The van der Waals surface area contributed by atoms with E-state index in [1.807, 2.05) is 0 Å². The number of rotatable bonds is 3. The lowest BCUT2D eigenvalue weighted by atomic mass is 10.1. The molecule has 0 bridgehead atoms. The number of carbonyl (C=O) groups excluding carboxylic acids is 1. The average molecular weight is 226 g/mol. The second-order valence-electron chi connectivity index (χ2n) is 3.96. The molecule has 0 aromatic rings. The van der Waals surface area contributed by atoms with Gasteiger partial charge in [0.1, 0.15) is 5.76 Å². The van der Waals surface area contributed by atoms with E-state index < -0.39 is 23.6 Å². The van der Waals surface area contributed by atoms with E-state index in [4.69, 9.17) is 14.6 Å². The summed E-state index contributed by atoms with van der Waals surface area (Å²) in [5, 5.41) is 8.66. The Kier molecular flexibility index (Phi) is 3.37. The first kappa shape index (κ1) is 12.3. The third-order valence-electron chi connectivity index (χ3n) is 1.91. The smallest absolute Gasteiger partial charge is 0.337 e. The summed E-state index contributed by atoms with van der Waals surface area (Å²) < 4.78 is 10.2. The number of carboxylic acids is 1. The van der Waals surface area contributed by atoms with E-state index in [1.165, 1.54) is 25.2 Å². The molecule has 0 unspecified atom stereocenters. The van der Waals surface area contributed by atoms with Gasteiger partial charge in [-0.05, 0) is 13.0 Å². The first-order valence-electron chi connectivity index (χ1n) is 4.85. The normalized spacial score (nSPS) is 20.9. The molecular formula is C11H14O5. The van der Waals surface area contributed by atoms with Crippen LogP contribution in [0.1, 0.15) is 20.8 Å². The van der Waals surface area contributed by atoms with Crippen LogP contribution in [0.4, 0.5) is 0 Å². The fourth-order valence-corrected chi connectivity index (χ4v) is 1.13. The molecule has 0 amide bonds. The lowest BCUT2D eigenvalue weighted by Gasteiger charge is -2.29. The lowest BCUT2D eigenvalue weighted by Crippen LogP contribution is -2.33. The number of carboxylic acid groups (broad SMARTS) is 1. The average Bonchev–Trinajstić information content (AvgIpc) is 2.10. The molecule has 0 fully saturated rings. The third-order valence-corrected chi connectivity index (χ3v) is 1.91. The van der Waals surface area contributed by atoms with Gasteiger partial charge in [-0.15, -0.1) is 0 Å². The zero-order valence-electron chi connectivity index (χ0n) is 9.39. The zero-order valence-corrected chi connectivity index (χ0v) is 9.39. The summed E-state index contributed by atoms with van der Waals surface area (Å²) in [7, 11) is 0. The Hall–Kier alpha value is -1.78. The maximum atomic E-state index is 11.1. The van der Waals surface area contributed by atoms with E-state index in [0.717, 1.165) is 0 Å². The Bertz CT molecular complexity index is 365. The number of hydrogen-bond acceptors (Lipinski definition) is 4. The molecule has 0 aliphatic carbocycles. The van der Waals surface area contributed by atoms with Crippen LogP contribution in [-0.2, 0) is 19.1 Å². The molecule has 0 aromatic carbocycles. The topological polar surface area (TPSA) is 72.8 Å². The molecule has 0 radical (unpaired) electrons. The van der Waals surface area contributed by atoms with Crippen LogP contribution in [0.3, 0.4) is 0 Å². The summed E-state index contributed by atoms with van der Waals surface area (Å²) >= 11 is 0. The van der Waals surface area contributed by atoms with Crippen molar-refractivity contribution < 1.29 is 24.2 Å². The van der Waals surface area contributed by atoms with Crippen LogP contribution in [0, 0.1) is 5.92 Å². The molecule has 88 valence electrons. The molecule has 5 nitrogen and oxygen atoms in total. The SMILES string of the molecule is C[C@@H](/C=C/C1=CC(=O)OC(C)(C)O1)C(=O)O. The van der Waals surface area contributed by atoms with Crippen LogP contribution in [0.25, 0.3) is 0 Å². The first-order valence-corrected chi connectivity index (χ1v) is 4.85. The Morgan fingerprint density at radius 2 is 2.12 bits per heavy atom. The molecule has 0 spiro atoms. The van der Waals surface area contributed by atoms with E-state index in [9.17, 15) is 9.59 Å². The number of cyclic esters (lactones) is 1. The minimum Gasteiger partial charge on any atom is -0.481 e. The quantitative estimate of drug-likeness (QED) is 0.737. The summed E-state index contributed by atoms with van der Waals surface area (Å²) in [6.45, 7) is 4.74. The predicted molar refractivity (Wildman–Crippen MR) is 55.3 cm³/mol. The molecule has 1 aliphatic rings. The fraction of sp³-hybridized carbons (Fsp3) is 0.455. The minimum absolute atomic E-state index is 0.300. The van der Waals surface area contributed by atoms with Crippen molar-refractivity contribution in [1.82, 2.24) is 0 Å². The van der Waals surface area contributed by atoms with Gasteiger partial charge in [-0.3, -0.25) is 4.79 Å². The van der Waals surface area contributed by atoms with Gasteiger partial charge in [0.2, 0.25) is 5.79 Å². The van der Waals surface area contributed by atoms with E-state index in [2.05, 4.69) is 0 Å². The Morgan fingerprint density at radius 3 is 2.62 bits per heavy atom. The predicted octanol–water partition coefficient (Wildman–Crippen LogP) is 1.46. The molecule has 16 heavy (non-hydrogen) atoms. The molecular weight excluding hydrogens is 212 g/mol. The van der Waals surface area contributed by atoms with Crippen molar-refractivity contribution in [2.24, 2.45) is 5.92 Å². The molecule has 1 atom stereocenters. The molecule has 1 rings (SSSR count). The number of carbonyl (C=O) groups is 2. The van der Waals surface area contributed by atoms with E-state index in [1.54, 1.807) is 13.8 Å². The number of esters is 1. The largest absolute Gasteiger partial charge is 0.481 e. The van der Waals surface area contributed by atoms with Crippen LogP contribution in [0.5, 0.6) is 0 Å². The molecule has 0 saturated heterocycles. The molecule has 1 aliphatic heterocycles. The number of hydrogen-bond donors (Lipinski definition) is 1. The van der Waals surface area contributed by atoms with Gasteiger partial charge in [0.25, 0.3) is 0 Å². The summed E-state index contributed by atoms with van der Waals surface area (Å²) in [4.78, 5) is 21.7. The third kappa shape index (κ3) is 3.42. The lowest BCUT2D eigenvalue weighted by molar-refractivity contribution is -0.203. The van der Waals surface area contributed by atoms with Crippen molar-refractivity contribution in [2.75, 3.05) is 0 Å². The van der Waals surface area contributed by atoms with Gasteiger partial charge in [-0.2, -0.15) is 0 Å². The number of ether oxygens (including phenoxy) is 2. The maximum absolute atomic E-state index is 11.1. The van der Waals surface area contributed by atoms with Crippen molar-refractivity contribution in [3.63, 3.8) is 0 Å². The van der Waals surface area contributed by atoms with Crippen LogP contribution in [0.2, 0.25) is 0 Å². The van der Waals surface area contributed by atoms with Crippen LogP contribution in [-0.4, -0.2) is 22.8 Å². The Labute approximate surface area is 93.3 Å². The molecule has 0 aromatic heterocycles. The molecule has 5 heteroatoms. The highest BCUT2D eigenvalue weighted by Crippen LogP contribution is 2.22.